The molecule has 0 fully saturated rings. The third kappa shape index (κ3) is 4.57. The zero-order valence-corrected chi connectivity index (χ0v) is 13.2. The van der Waals surface area contributed by atoms with Crippen molar-refractivity contribution in [2.75, 3.05) is 18.5 Å². The maximum atomic E-state index is 11.9. The van der Waals surface area contributed by atoms with E-state index in [-0.39, 0.29) is 18.5 Å². The molecule has 0 aliphatic heterocycles. The van der Waals surface area contributed by atoms with Crippen molar-refractivity contribution >= 4 is 11.6 Å². The van der Waals surface area contributed by atoms with E-state index in [9.17, 15) is 14.4 Å². The minimum atomic E-state index is -0.595. The average Bonchev–Trinajstić information content (AvgIpc) is 2.55. The molecule has 122 valence electrons. The Morgan fingerprint density at radius 1 is 1.26 bits per heavy atom. The van der Waals surface area contributed by atoms with Crippen molar-refractivity contribution in [3.63, 3.8) is 0 Å². The summed E-state index contributed by atoms with van der Waals surface area (Å²) < 4.78 is 1.16. The zero-order valence-electron chi connectivity index (χ0n) is 13.2. The quantitative estimate of drug-likeness (QED) is 0.796. The molecule has 1 aromatic heterocycles. The molecule has 2 aromatic rings. The van der Waals surface area contributed by atoms with E-state index in [2.05, 4.69) is 15.2 Å². The summed E-state index contributed by atoms with van der Waals surface area (Å²) in [4.78, 5) is 38.6. The van der Waals surface area contributed by atoms with Gasteiger partial charge in [0.05, 0.1) is 0 Å². The van der Waals surface area contributed by atoms with E-state index in [0.717, 1.165) is 10.3 Å². The number of benzene rings is 1. The van der Waals surface area contributed by atoms with Gasteiger partial charge in [-0.25, -0.2) is 4.79 Å². The molecular formula is C16H20N4O3. The van der Waals surface area contributed by atoms with E-state index in [1.54, 1.807) is 0 Å². The van der Waals surface area contributed by atoms with E-state index >= 15 is 0 Å². The van der Waals surface area contributed by atoms with Crippen molar-refractivity contribution in [2.24, 2.45) is 0 Å². The number of likely N-dealkylation sites (N-methyl/N-ethyl adjacent to an activating group) is 1. The summed E-state index contributed by atoms with van der Waals surface area (Å²) in [7, 11) is 1.96. The number of hydrogen-bond acceptors (Lipinski definition) is 4. The second-order valence-corrected chi connectivity index (χ2v) is 5.34. The van der Waals surface area contributed by atoms with Gasteiger partial charge < -0.3 is 10.2 Å². The molecule has 7 nitrogen and oxygen atoms in total. The van der Waals surface area contributed by atoms with Gasteiger partial charge in [-0.05, 0) is 19.1 Å². The van der Waals surface area contributed by atoms with E-state index in [4.69, 9.17) is 0 Å². The number of nitrogens with one attached hydrogen (secondary N) is 2. The summed E-state index contributed by atoms with van der Waals surface area (Å²) in [5.41, 5.74) is -0.0158. The largest absolute Gasteiger partial charge is 0.370 e. The third-order valence-corrected chi connectivity index (χ3v) is 3.63. The fourth-order valence-corrected chi connectivity index (χ4v) is 2.10. The van der Waals surface area contributed by atoms with Gasteiger partial charge in [-0.2, -0.15) is 0 Å². The van der Waals surface area contributed by atoms with Crippen LogP contribution in [0.25, 0.3) is 0 Å². The lowest BCUT2D eigenvalue weighted by Gasteiger charge is -2.27. The van der Waals surface area contributed by atoms with Gasteiger partial charge in [-0.3, -0.25) is 19.1 Å². The number of aromatic nitrogens is 2. The lowest BCUT2D eigenvalue weighted by molar-refractivity contribution is -0.121. The molecule has 1 aromatic carbocycles. The Kier molecular flexibility index (Phi) is 5.35. The number of para-hydroxylation sites is 1. The molecule has 1 amide bonds. The first-order valence-corrected chi connectivity index (χ1v) is 7.31. The summed E-state index contributed by atoms with van der Waals surface area (Å²) in [5, 5.41) is 2.79. The van der Waals surface area contributed by atoms with Crippen molar-refractivity contribution < 1.29 is 4.79 Å². The first-order chi connectivity index (χ1) is 11.0. The molecule has 1 atom stereocenters. The van der Waals surface area contributed by atoms with Crippen LogP contribution >= 0.6 is 0 Å². The summed E-state index contributed by atoms with van der Waals surface area (Å²) in [6.07, 6.45) is 1.31. The maximum absolute atomic E-state index is 11.9. The van der Waals surface area contributed by atoms with E-state index < -0.39 is 11.2 Å². The Hall–Kier alpha value is -2.83. The maximum Gasteiger partial charge on any atom is 0.328 e. The average molecular weight is 316 g/mol. The molecule has 1 heterocycles. The summed E-state index contributed by atoms with van der Waals surface area (Å²) in [5.74, 6) is -0.285. The van der Waals surface area contributed by atoms with Gasteiger partial charge in [0.25, 0.3) is 5.56 Å². The fourth-order valence-electron chi connectivity index (χ4n) is 2.10. The predicted octanol–water partition coefficient (Wildman–Crippen LogP) is 0.178. The molecule has 7 heteroatoms. The zero-order chi connectivity index (χ0) is 16.8. The van der Waals surface area contributed by atoms with Gasteiger partial charge in [-0.15, -0.1) is 0 Å². The smallest absolute Gasteiger partial charge is 0.328 e. The van der Waals surface area contributed by atoms with Crippen LogP contribution in [0.1, 0.15) is 6.92 Å². The molecule has 0 spiro atoms. The lowest BCUT2D eigenvalue weighted by Crippen LogP contribution is -2.42. The number of nitrogens with zero attached hydrogens (tertiary/aromatic N) is 2. The molecule has 0 bridgehead atoms. The molecule has 0 saturated heterocycles. The minimum absolute atomic E-state index is 0.0913. The minimum Gasteiger partial charge on any atom is -0.370 e. The van der Waals surface area contributed by atoms with Gasteiger partial charge in [0, 0.05) is 37.6 Å². The number of carbonyl (C=O) groups excluding carboxylic acids is 1. The van der Waals surface area contributed by atoms with E-state index in [1.807, 2.05) is 44.3 Å². The molecule has 0 unspecified atom stereocenters. The first kappa shape index (κ1) is 16.5. The SMILES string of the molecule is C[C@H](CNC(=O)Cn1ccc(=O)[nH]c1=O)N(C)c1ccccc1. The van der Waals surface area contributed by atoms with Crippen molar-refractivity contribution in [3.05, 3.63) is 63.4 Å². The number of rotatable bonds is 6. The van der Waals surface area contributed by atoms with Crippen LogP contribution < -0.4 is 21.5 Å². The van der Waals surface area contributed by atoms with Gasteiger partial charge in [0.15, 0.2) is 0 Å². The van der Waals surface area contributed by atoms with Gasteiger partial charge >= 0.3 is 5.69 Å². The molecule has 2 rings (SSSR count). The van der Waals surface area contributed by atoms with Crippen LogP contribution in [-0.4, -0.2) is 35.1 Å². The molecule has 0 aliphatic rings. The molecule has 23 heavy (non-hydrogen) atoms. The molecule has 0 radical (unpaired) electrons. The van der Waals surface area contributed by atoms with Crippen molar-refractivity contribution in [1.29, 1.82) is 0 Å². The molecule has 0 saturated carbocycles. The summed E-state index contributed by atoms with van der Waals surface area (Å²) in [6, 6.07) is 11.2. The molecule has 0 aliphatic carbocycles. The summed E-state index contributed by atoms with van der Waals surface area (Å²) in [6.45, 7) is 2.32. The Bertz CT molecular complexity index is 767. The molecule has 2 N–H and O–H groups in total. The van der Waals surface area contributed by atoms with Crippen LogP contribution in [-0.2, 0) is 11.3 Å². The van der Waals surface area contributed by atoms with E-state index in [1.165, 1.54) is 12.3 Å². The number of anilines is 1. The van der Waals surface area contributed by atoms with Gasteiger partial charge in [-0.1, -0.05) is 18.2 Å². The Morgan fingerprint density at radius 3 is 2.61 bits per heavy atom. The monoisotopic (exact) mass is 316 g/mol. The number of hydrogen-bond donors (Lipinski definition) is 2. The van der Waals surface area contributed by atoms with Crippen molar-refractivity contribution in [2.45, 2.75) is 19.5 Å². The number of amides is 1. The van der Waals surface area contributed by atoms with Gasteiger partial charge in [0.2, 0.25) is 5.91 Å². The van der Waals surface area contributed by atoms with Crippen LogP contribution in [0.5, 0.6) is 0 Å². The highest BCUT2D eigenvalue weighted by molar-refractivity contribution is 5.75. The van der Waals surface area contributed by atoms with Crippen molar-refractivity contribution in [3.8, 4) is 0 Å². The number of carbonyl (C=O) groups is 1. The second-order valence-electron chi connectivity index (χ2n) is 5.34. The van der Waals surface area contributed by atoms with Gasteiger partial charge in [0.1, 0.15) is 6.54 Å². The van der Waals surface area contributed by atoms with Crippen LogP contribution in [0.3, 0.4) is 0 Å². The van der Waals surface area contributed by atoms with E-state index in [0.29, 0.717) is 6.54 Å². The summed E-state index contributed by atoms with van der Waals surface area (Å²) >= 11 is 0. The predicted molar refractivity (Wildman–Crippen MR) is 88.6 cm³/mol. The highest BCUT2D eigenvalue weighted by atomic mass is 16.2. The van der Waals surface area contributed by atoms with Crippen molar-refractivity contribution in [1.82, 2.24) is 14.9 Å². The standard InChI is InChI=1S/C16H20N4O3/c1-12(19(2)13-6-4-3-5-7-13)10-17-15(22)11-20-9-8-14(21)18-16(20)23/h3-9,12H,10-11H2,1-2H3,(H,17,22)(H,18,21,23)/t12-/m1/s1. The Balaban J connectivity index is 1.88. The van der Waals surface area contributed by atoms with Crippen LogP contribution in [0.2, 0.25) is 0 Å². The third-order valence-electron chi connectivity index (χ3n) is 3.63. The number of H-pyrrole nitrogens is 1. The van der Waals surface area contributed by atoms with Crippen LogP contribution in [0.15, 0.2) is 52.2 Å². The fraction of sp³-hybridized carbons (Fsp3) is 0.312. The second kappa shape index (κ2) is 7.44. The number of aromatic amines is 1. The lowest BCUT2D eigenvalue weighted by atomic mass is 10.2. The Labute approximate surface area is 133 Å². The Morgan fingerprint density at radius 2 is 1.96 bits per heavy atom. The molecular weight excluding hydrogens is 296 g/mol. The van der Waals surface area contributed by atoms with Crippen LogP contribution in [0.4, 0.5) is 5.69 Å². The highest BCUT2D eigenvalue weighted by Crippen LogP contribution is 2.13. The first-order valence-electron chi connectivity index (χ1n) is 7.31. The highest BCUT2D eigenvalue weighted by Gasteiger charge is 2.11. The normalized spacial score (nSPS) is 11.7. The topological polar surface area (TPSA) is 87.2 Å². The van der Waals surface area contributed by atoms with Crippen LogP contribution in [0, 0.1) is 0 Å².